The van der Waals surface area contributed by atoms with Crippen molar-refractivity contribution >= 4 is 18.6 Å². The maximum atomic E-state index is 11.5. The highest BCUT2D eigenvalue weighted by Crippen LogP contribution is 2.38. The van der Waals surface area contributed by atoms with Crippen molar-refractivity contribution in [1.82, 2.24) is 0 Å². The van der Waals surface area contributed by atoms with Crippen LogP contribution in [0.4, 0.5) is 0 Å². The molecule has 1 aromatic carbocycles. The van der Waals surface area contributed by atoms with Crippen LogP contribution in [0, 0.1) is 6.92 Å². The van der Waals surface area contributed by atoms with Gasteiger partial charge in [-0.2, -0.15) is 0 Å². The van der Waals surface area contributed by atoms with Crippen molar-refractivity contribution in [3.05, 3.63) is 17.2 Å². The van der Waals surface area contributed by atoms with Crippen molar-refractivity contribution in [1.29, 1.82) is 0 Å². The monoisotopic (exact) mass is 322 g/mol. The van der Waals surface area contributed by atoms with Gasteiger partial charge in [-0.3, -0.25) is 0 Å². The number of aromatic carboxylic acids is 1. The summed E-state index contributed by atoms with van der Waals surface area (Å²) in [6, 6.07) is 1.64. The fourth-order valence-electron chi connectivity index (χ4n) is 2.59. The molecule has 1 aliphatic rings. The minimum Gasteiger partial charge on any atom is -0.496 e. The van der Waals surface area contributed by atoms with Crippen LogP contribution in [0.5, 0.6) is 11.5 Å². The first-order valence-electron chi connectivity index (χ1n) is 7.40. The third kappa shape index (κ3) is 2.79. The number of hydrogen-bond acceptors (Lipinski definition) is 5. The molecule has 0 amide bonds. The Morgan fingerprint density at radius 3 is 2.04 bits per heavy atom. The summed E-state index contributed by atoms with van der Waals surface area (Å²) in [5.41, 5.74) is 0.367. The van der Waals surface area contributed by atoms with Crippen molar-refractivity contribution in [2.45, 2.75) is 45.8 Å². The van der Waals surface area contributed by atoms with E-state index in [4.69, 9.17) is 18.8 Å². The smallest absolute Gasteiger partial charge is 0.495 e. The Kier molecular flexibility index (Phi) is 4.39. The highest BCUT2D eigenvalue weighted by molar-refractivity contribution is 6.62. The lowest BCUT2D eigenvalue weighted by Crippen LogP contribution is -2.41. The van der Waals surface area contributed by atoms with Crippen molar-refractivity contribution < 1.29 is 28.7 Å². The SMILES string of the molecule is COc1cc(B2OC(C)(C)C(C)(C)O2)c(C)c(OC)c1C(=O)O. The van der Waals surface area contributed by atoms with Gasteiger partial charge in [0.15, 0.2) is 0 Å². The predicted octanol–water partition coefficient (Wildman–Crippen LogP) is 2.01. The van der Waals surface area contributed by atoms with E-state index in [1.165, 1.54) is 14.2 Å². The Hall–Kier alpha value is -1.73. The Balaban J connectivity index is 2.60. The molecule has 0 atom stereocenters. The van der Waals surface area contributed by atoms with Crippen LogP contribution in [0.15, 0.2) is 6.07 Å². The van der Waals surface area contributed by atoms with E-state index in [-0.39, 0.29) is 17.1 Å². The van der Waals surface area contributed by atoms with Gasteiger partial charge >= 0.3 is 13.1 Å². The van der Waals surface area contributed by atoms with Gasteiger partial charge in [0, 0.05) is 0 Å². The number of rotatable bonds is 4. The van der Waals surface area contributed by atoms with Crippen LogP contribution < -0.4 is 14.9 Å². The molecule has 0 spiro atoms. The van der Waals surface area contributed by atoms with Crippen molar-refractivity contribution in [2.75, 3.05) is 14.2 Å². The van der Waals surface area contributed by atoms with Gasteiger partial charge in [0.1, 0.15) is 17.1 Å². The molecule has 1 aromatic rings. The molecule has 126 valence electrons. The molecule has 0 unspecified atom stereocenters. The van der Waals surface area contributed by atoms with Gasteiger partial charge < -0.3 is 23.9 Å². The third-order valence-electron chi connectivity index (χ3n) is 4.68. The normalized spacial score (nSPS) is 18.8. The third-order valence-corrected chi connectivity index (χ3v) is 4.68. The largest absolute Gasteiger partial charge is 0.496 e. The van der Waals surface area contributed by atoms with Crippen LogP contribution in [0.1, 0.15) is 43.6 Å². The van der Waals surface area contributed by atoms with E-state index in [1.54, 1.807) is 13.0 Å². The van der Waals surface area contributed by atoms with Gasteiger partial charge in [-0.05, 0) is 51.7 Å². The number of carboxylic acids is 1. The van der Waals surface area contributed by atoms with Crippen LogP contribution in [-0.4, -0.2) is 43.6 Å². The molecule has 0 bridgehead atoms. The number of carboxylic acid groups (broad SMARTS) is 1. The number of ether oxygens (including phenoxy) is 2. The first kappa shape index (κ1) is 17.6. The van der Waals surface area contributed by atoms with Crippen molar-refractivity contribution in [3.8, 4) is 11.5 Å². The molecule has 0 aromatic heterocycles. The quantitative estimate of drug-likeness (QED) is 0.855. The molecule has 0 radical (unpaired) electrons. The van der Waals surface area contributed by atoms with Crippen molar-refractivity contribution in [3.63, 3.8) is 0 Å². The zero-order valence-electron chi connectivity index (χ0n) is 14.6. The van der Waals surface area contributed by atoms with E-state index in [0.29, 0.717) is 11.0 Å². The molecule has 0 saturated carbocycles. The summed E-state index contributed by atoms with van der Waals surface area (Å²) in [4.78, 5) is 11.5. The second kappa shape index (κ2) is 5.72. The zero-order valence-corrected chi connectivity index (χ0v) is 14.6. The van der Waals surface area contributed by atoms with Crippen LogP contribution in [0.3, 0.4) is 0 Å². The molecule has 1 aliphatic heterocycles. The van der Waals surface area contributed by atoms with Crippen LogP contribution >= 0.6 is 0 Å². The first-order chi connectivity index (χ1) is 10.6. The molecule has 6 nitrogen and oxygen atoms in total. The molecular formula is C16H23BO6. The van der Waals surface area contributed by atoms with Gasteiger partial charge in [-0.15, -0.1) is 0 Å². The van der Waals surface area contributed by atoms with E-state index >= 15 is 0 Å². The summed E-state index contributed by atoms with van der Waals surface area (Å²) in [5, 5.41) is 9.43. The molecule has 2 rings (SSSR count). The number of methoxy groups -OCH3 is 2. The van der Waals surface area contributed by atoms with Crippen LogP contribution in [0.25, 0.3) is 0 Å². The van der Waals surface area contributed by atoms with Gasteiger partial charge in [-0.25, -0.2) is 4.79 Å². The van der Waals surface area contributed by atoms with Gasteiger partial charge in [0.05, 0.1) is 25.4 Å². The Morgan fingerprint density at radius 2 is 1.65 bits per heavy atom. The molecule has 7 heteroatoms. The van der Waals surface area contributed by atoms with Gasteiger partial charge in [0.25, 0.3) is 0 Å². The summed E-state index contributed by atoms with van der Waals surface area (Å²) in [5.74, 6) is -0.645. The van der Waals surface area contributed by atoms with Gasteiger partial charge in [0.2, 0.25) is 0 Å². The fraction of sp³-hybridized carbons (Fsp3) is 0.562. The van der Waals surface area contributed by atoms with E-state index in [1.807, 2.05) is 27.7 Å². The lowest BCUT2D eigenvalue weighted by Gasteiger charge is -2.32. The number of hydrogen-bond donors (Lipinski definition) is 1. The standard InChI is InChI=1S/C16H23BO6/c1-9-10(17-22-15(2,3)16(4,5)23-17)8-11(20-6)12(14(18)19)13(9)21-7/h8H,1-7H3,(H,18,19). The topological polar surface area (TPSA) is 74.2 Å². The van der Waals surface area contributed by atoms with Crippen molar-refractivity contribution in [2.24, 2.45) is 0 Å². The van der Waals surface area contributed by atoms with E-state index in [2.05, 4.69) is 0 Å². The number of carbonyl (C=O) groups is 1. The summed E-state index contributed by atoms with van der Waals surface area (Å²) < 4.78 is 22.6. The van der Waals surface area contributed by atoms with Crippen LogP contribution in [0.2, 0.25) is 0 Å². The average molecular weight is 322 g/mol. The second-order valence-electron chi connectivity index (χ2n) is 6.59. The maximum absolute atomic E-state index is 11.5. The highest BCUT2D eigenvalue weighted by atomic mass is 16.7. The average Bonchev–Trinajstić information content (AvgIpc) is 2.66. The second-order valence-corrected chi connectivity index (χ2v) is 6.59. The fourth-order valence-corrected chi connectivity index (χ4v) is 2.59. The lowest BCUT2D eigenvalue weighted by molar-refractivity contribution is 0.00578. The lowest BCUT2D eigenvalue weighted by atomic mass is 9.75. The van der Waals surface area contributed by atoms with E-state index in [0.717, 1.165) is 0 Å². The molecule has 1 heterocycles. The summed E-state index contributed by atoms with van der Waals surface area (Å²) >= 11 is 0. The summed E-state index contributed by atoms with van der Waals surface area (Å²) in [6.45, 7) is 9.63. The molecule has 1 saturated heterocycles. The minimum atomic E-state index is -1.11. The van der Waals surface area contributed by atoms with Crippen LogP contribution in [-0.2, 0) is 9.31 Å². The maximum Gasteiger partial charge on any atom is 0.495 e. The molecule has 23 heavy (non-hydrogen) atoms. The summed E-state index contributed by atoms with van der Waals surface area (Å²) in [6.07, 6.45) is 0. The zero-order chi connectivity index (χ0) is 17.6. The van der Waals surface area contributed by atoms with E-state index < -0.39 is 24.3 Å². The summed E-state index contributed by atoms with van der Waals surface area (Å²) in [7, 11) is 2.23. The van der Waals surface area contributed by atoms with Gasteiger partial charge in [-0.1, -0.05) is 0 Å². The highest BCUT2D eigenvalue weighted by Gasteiger charge is 2.52. The Bertz CT molecular complexity index is 622. The molecule has 0 aliphatic carbocycles. The van der Waals surface area contributed by atoms with E-state index in [9.17, 15) is 9.90 Å². The number of benzene rings is 1. The molecule has 1 N–H and O–H groups in total. The first-order valence-corrected chi connectivity index (χ1v) is 7.40. The predicted molar refractivity (Wildman–Crippen MR) is 87.0 cm³/mol. The minimum absolute atomic E-state index is 0.00670. The Morgan fingerprint density at radius 1 is 1.13 bits per heavy atom. The Labute approximate surface area is 136 Å². The molecular weight excluding hydrogens is 299 g/mol. The molecule has 1 fully saturated rings.